The van der Waals surface area contributed by atoms with Gasteiger partial charge >= 0.3 is 0 Å². The molecule has 0 amide bonds. The van der Waals surface area contributed by atoms with Crippen LogP contribution in [-0.4, -0.2) is 18.6 Å². The Kier molecular flexibility index (Phi) is 5.57. The van der Waals surface area contributed by atoms with E-state index in [1.807, 2.05) is 12.1 Å². The molecule has 0 atom stereocenters. The normalized spacial score (nSPS) is 9.96. The Hall–Kier alpha value is -3.02. The summed E-state index contributed by atoms with van der Waals surface area (Å²) in [6.45, 7) is 4.31. The van der Waals surface area contributed by atoms with Gasteiger partial charge in [-0.15, -0.1) is 0 Å². The number of benzene rings is 2. The highest BCUT2D eigenvalue weighted by Crippen LogP contribution is 2.28. The molecule has 0 N–H and O–H groups in total. The number of rotatable bonds is 8. The van der Waals surface area contributed by atoms with E-state index in [4.69, 9.17) is 14.2 Å². The molecule has 23 heavy (non-hydrogen) atoms. The van der Waals surface area contributed by atoms with Crippen molar-refractivity contribution in [2.45, 2.75) is 6.61 Å². The van der Waals surface area contributed by atoms with E-state index in [9.17, 15) is 10.1 Å². The maximum absolute atomic E-state index is 10.6. The van der Waals surface area contributed by atoms with Crippen molar-refractivity contribution < 1.29 is 19.1 Å². The fourth-order valence-corrected chi connectivity index (χ4v) is 1.90. The summed E-state index contributed by atoms with van der Waals surface area (Å²) in [7, 11) is 1.57. The van der Waals surface area contributed by atoms with Gasteiger partial charge in [-0.3, -0.25) is 10.1 Å². The molecule has 2 aromatic carbocycles. The number of non-ortho nitro benzene ring substituents is 1. The van der Waals surface area contributed by atoms with E-state index in [2.05, 4.69) is 6.58 Å². The molecule has 0 heterocycles. The molecule has 0 aromatic heterocycles. The van der Waals surface area contributed by atoms with Crippen LogP contribution in [0.3, 0.4) is 0 Å². The van der Waals surface area contributed by atoms with Crippen LogP contribution in [0.2, 0.25) is 0 Å². The molecule has 6 nitrogen and oxygen atoms in total. The number of nitro groups is 1. The van der Waals surface area contributed by atoms with Gasteiger partial charge in [0.15, 0.2) is 11.5 Å². The zero-order chi connectivity index (χ0) is 16.7. The lowest BCUT2D eigenvalue weighted by Gasteiger charge is -2.12. The summed E-state index contributed by atoms with van der Waals surface area (Å²) in [6.07, 6.45) is 1.66. The third-order valence-corrected chi connectivity index (χ3v) is 3.04. The third kappa shape index (κ3) is 4.47. The molecule has 0 aliphatic heterocycles. The van der Waals surface area contributed by atoms with Gasteiger partial charge in [0.25, 0.3) is 5.69 Å². The molecule has 0 spiro atoms. The Labute approximate surface area is 134 Å². The summed E-state index contributed by atoms with van der Waals surface area (Å²) in [5.74, 6) is 1.80. The topological polar surface area (TPSA) is 70.8 Å². The molecule has 120 valence electrons. The molecule has 2 rings (SSSR count). The molecule has 0 bridgehead atoms. The first kappa shape index (κ1) is 16.4. The summed E-state index contributed by atoms with van der Waals surface area (Å²) < 4.78 is 16.4. The first-order chi connectivity index (χ1) is 11.1. The standard InChI is InChI=1S/C17H17NO5/c1-3-10-22-16-9-4-13(11-17(16)21-2)12-23-15-7-5-14(6-8-15)18(19)20/h3-9,11H,1,10,12H2,2H3. The summed E-state index contributed by atoms with van der Waals surface area (Å²) in [4.78, 5) is 10.2. The van der Waals surface area contributed by atoms with Gasteiger partial charge in [0.1, 0.15) is 19.0 Å². The average Bonchev–Trinajstić information content (AvgIpc) is 2.58. The maximum Gasteiger partial charge on any atom is 0.269 e. The summed E-state index contributed by atoms with van der Waals surface area (Å²) >= 11 is 0. The zero-order valence-electron chi connectivity index (χ0n) is 12.7. The van der Waals surface area contributed by atoms with E-state index in [0.717, 1.165) is 5.56 Å². The highest BCUT2D eigenvalue weighted by molar-refractivity contribution is 5.43. The molecule has 2 aromatic rings. The predicted octanol–water partition coefficient (Wildman–Crippen LogP) is 3.75. The first-order valence-corrected chi connectivity index (χ1v) is 6.92. The molecule has 0 saturated heterocycles. The van der Waals surface area contributed by atoms with E-state index in [-0.39, 0.29) is 5.69 Å². The van der Waals surface area contributed by atoms with E-state index in [0.29, 0.717) is 30.5 Å². The molecule has 0 fully saturated rings. The van der Waals surface area contributed by atoms with Crippen LogP contribution in [-0.2, 0) is 6.61 Å². The van der Waals surface area contributed by atoms with Crippen LogP contribution in [0, 0.1) is 10.1 Å². The Bertz CT molecular complexity index is 682. The third-order valence-electron chi connectivity index (χ3n) is 3.04. The van der Waals surface area contributed by atoms with Gasteiger partial charge in [-0.25, -0.2) is 0 Å². The zero-order valence-corrected chi connectivity index (χ0v) is 12.7. The Morgan fingerprint density at radius 1 is 1.13 bits per heavy atom. The Morgan fingerprint density at radius 3 is 2.48 bits per heavy atom. The van der Waals surface area contributed by atoms with Crippen molar-refractivity contribution in [3.63, 3.8) is 0 Å². The minimum Gasteiger partial charge on any atom is -0.493 e. The van der Waals surface area contributed by atoms with E-state index >= 15 is 0 Å². The lowest BCUT2D eigenvalue weighted by Crippen LogP contribution is -1.99. The second-order valence-corrected chi connectivity index (χ2v) is 4.62. The molecular weight excluding hydrogens is 298 g/mol. The minimum absolute atomic E-state index is 0.0303. The highest BCUT2D eigenvalue weighted by Gasteiger charge is 2.07. The Morgan fingerprint density at radius 2 is 1.87 bits per heavy atom. The van der Waals surface area contributed by atoms with Crippen LogP contribution in [0.15, 0.2) is 55.1 Å². The maximum atomic E-state index is 10.6. The first-order valence-electron chi connectivity index (χ1n) is 6.92. The molecular formula is C17H17NO5. The average molecular weight is 315 g/mol. The van der Waals surface area contributed by atoms with E-state index in [1.165, 1.54) is 12.1 Å². The lowest BCUT2D eigenvalue weighted by atomic mass is 10.2. The van der Waals surface area contributed by atoms with Crippen molar-refractivity contribution in [2.24, 2.45) is 0 Å². The molecule has 0 aliphatic rings. The van der Waals surface area contributed by atoms with E-state index < -0.39 is 4.92 Å². The van der Waals surface area contributed by atoms with Crippen molar-refractivity contribution >= 4 is 5.69 Å². The van der Waals surface area contributed by atoms with E-state index in [1.54, 1.807) is 31.4 Å². The van der Waals surface area contributed by atoms with Crippen molar-refractivity contribution in [1.29, 1.82) is 0 Å². The highest BCUT2D eigenvalue weighted by atomic mass is 16.6. The lowest BCUT2D eigenvalue weighted by molar-refractivity contribution is -0.384. The monoisotopic (exact) mass is 315 g/mol. The molecule has 0 radical (unpaired) electrons. The number of hydrogen-bond acceptors (Lipinski definition) is 5. The number of nitrogens with zero attached hydrogens (tertiary/aromatic N) is 1. The molecule has 0 saturated carbocycles. The molecule has 0 unspecified atom stereocenters. The largest absolute Gasteiger partial charge is 0.493 e. The van der Waals surface area contributed by atoms with Gasteiger partial charge in [0, 0.05) is 12.1 Å². The Balaban J connectivity index is 2.02. The van der Waals surface area contributed by atoms with Crippen molar-refractivity contribution in [2.75, 3.05) is 13.7 Å². The summed E-state index contributed by atoms with van der Waals surface area (Å²) in [6, 6.07) is 11.4. The van der Waals surface area contributed by atoms with Crippen molar-refractivity contribution in [3.8, 4) is 17.2 Å². The number of hydrogen-bond donors (Lipinski definition) is 0. The van der Waals surface area contributed by atoms with Crippen LogP contribution in [0.5, 0.6) is 17.2 Å². The molecule has 6 heteroatoms. The van der Waals surface area contributed by atoms with Crippen LogP contribution in [0.4, 0.5) is 5.69 Å². The van der Waals surface area contributed by atoms with Crippen LogP contribution in [0.25, 0.3) is 0 Å². The SMILES string of the molecule is C=CCOc1ccc(COc2ccc([N+](=O)[O-])cc2)cc1OC. The van der Waals surface area contributed by atoms with Crippen LogP contribution in [0.1, 0.15) is 5.56 Å². The summed E-state index contributed by atoms with van der Waals surface area (Å²) in [5, 5.41) is 10.6. The van der Waals surface area contributed by atoms with Crippen molar-refractivity contribution in [1.82, 2.24) is 0 Å². The van der Waals surface area contributed by atoms with Crippen LogP contribution < -0.4 is 14.2 Å². The number of ether oxygens (including phenoxy) is 3. The van der Waals surface area contributed by atoms with Gasteiger partial charge in [-0.05, 0) is 29.8 Å². The van der Waals surface area contributed by atoms with Gasteiger partial charge in [0.05, 0.1) is 12.0 Å². The fraction of sp³-hybridized carbons (Fsp3) is 0.176. The van der Waals surface area contributed by atoms with Crippen LogP contribution >= 0.6 is 0 Å². The number of methoxy groups -OCH3 is 1. The number of nitro benzene ring substituents is 1. The van der Waals surface area contributed by atoms with Gasteiger partial charge in [0.2, 0.25) is 0 Å². The minimum atomic E-state index is -0.448. The predicted molar refractivity (Wildman–Crippen MR) is 86.1 cm³/mol. The smallest absolute Gasteiger partial charge is 0.269 e. The molecule has 0 aliphatic carbocycles. The van der Waals surface area contributed by atoms with Gasteiger partial charge in [-0.1, -0.05) is 18.7 Å². The summed E-state index contributed by atoms with van der Waals surface area (Å²) in [5.41, 5.74) is 0.925. The van der Waals surface area contributed by atoms with Gasteiger partial charge in [-0.2, -0.15) is 0 Å². The van der Waals surface area contributed by atoms with Gasteiger partial charge < -0.3 is 14.2 Å². The fourth-order valence-electron chi connectivity index (χ4n) is 1.90. The second-order valence-electron chi connectivity index (χ2n) is 4.62. The quantitative estimate of drug-likeness (QED) is 0.421. The second kappa shape index (κ2) is 7.84. The van der Waals surface area contributed by atoms with Crippen molar-refractivity contribution in [3.05, 3.63) is 70.8 Å².